The van der Waals surface area contributed by atoms with Crippen LogP contribution in [0.5, 0.6) is 0 Å². The predicted molar refractivity (Wildman–Crippen MR) is 145 cm³/mol. The van der Waals surface area contributed by atoms with Crippen molar-refractivity contribution in [3.63, 3.8) is 0 Å². The summed E-state index contributed by atoms with van der Waals surface area (Å²) in [5.41, 5.74) is 2.51. The van der Waals surface area contributed by atoms with E-state index in [1.54, 1.807) is 31.2 Å². The van der Waals surface area contributed by atoms with Crippen molar-refractivity contribution in [2.24, 2.45) is 11.8 Å². The molecule has 1 atom stereocenters. The second-order valence-electron chi connectivity index (χ2n) is 11.0. The third-order valence-electron chi connectivity index (χ3n) is 8.23. The Labute approximate surface area is 231 Å². The molecule has 0 bridgehead atoms. The van der Waals surface area contributed by atoms with E-state index >= 15 is 0 Å². The number of aliphatic hydroxyl groups is 1. The molecule has 0 spiro atoms. The molecule has 2 aliphatic rings. The first-order chi connectivity index (χ1) is 19.0. The van der Waals surface area contributed by atoms with Crippen LogP contribution in [0.3, 0.4) is 0 Å². The number of hydrogen-bond acceptors (Lipinski definition) is 5. The molecule has 1 amide bonds. The largest absolute Gasteiger partial charge is 0.394 e. The molecule has 0 aliphatic heterocycles. The van der Waals surface area contributed by atoms with Gasteiger partial charge in [-0.05, 0) is 80.3 Å². The van der Waals surface area contributed by atoms with Gasteiger partial charge >= 0.3 is 6.18 Å². The summed E-state index contributed by atoms with van der Waals surface area (Å²) in [5, 5.41) is 12.7. The minimum atomic E-state index is -4.13. The summed E-state index contributed by atoms with van der Waals surface area (Å²) in [7, 11) is -3.36. The molecular formula is C29H34F3N3O4S. The fourth-order valence-corrected chi connectivity index (χ4v) is 6.56. The Morgan fingerprint density at radius 3 is 2.33 bits per heavy atom. The molecule has 2 aliphatic carbocycles. The minimum absolute atomic E-state index is 0.0214. The number of nitrogens with one attached hydrogen (secondary N) is 1. The maximum absolute atomic E-state index is 13.1. The molecule has 0 radical (unpaired) electrons. The number of amides is 1. The van der Waals surface area contributed by atoms with Gasteiger partial charge in [-0.25, -0.2) is 13.4 Å². The zero-order chi connectivity index (χ0) is 28.7. The van der Waals surface area contributed by atoms with Crippen LogP contribution in [0.1, 0.15) is 79.3 Å². The molecule has 1 heterocycles. The van der Waals surface area contributed by atoms with Gasteiger partial charge in [0.05, 0.1) is 40.2 Å². The fraction of sp³-hybridized carbons (Fsp3) is 0.517. The number of aromatic nitrogens is 2. The SMILES string of the molecule is CCS(=O)(=O)c1ccc(C(CO)NC(=O)c2ccc3c(c2)nc(C[C@H]2CC[C@H](C(F)(F)F)CC2)n3C2CC2)cc1. The van der Waals surface area contributed by atoms with Gasteiger partial charge in [0.15, 0.2) is 9.84 Å². The zero-order valence-corrected chi connectivity index (χ0v) is 23.1. The monoisotopic (exact) mass is 577 g/mol. The van der Waals surface area contributed by atoms with Crippen LogP contribution in [0.2, 0.25) is 0 Å². The number of imidazole rings is 1. The Bertz CT molecular complexity index is 1470. The predicted octanol–water partition coefficient (Wildman–Crippen LogP) is 5.54. The summed E-state index contributed by atoms with van der Waals surface area (Å²) >= 11 is 0. The normalized spacial score (nSPS) is 20.9. The Balaban J connectivity index is 1.32. The topological polar surface area (TPSA) is 101 Å². The highest BCUT2D eigenvalue weighted by Crippen LogP contribution is 2.43. The van der Waals surface area contributed by atoms with E-state index in [1.807, 2.05) is 6.07 Å². The number of nitrogens with zero attached hydrogens (tertiary/aromatic N) is 2. The van der Waals surface area contributed by atoms with Crippen LogP contribution in [-0.4, -0.2) is 47.5 Å². The van der Waals surface area contributed by atoms with Crippen LogP contribution in [0.4, 0.5) is 13.2 Å². The molecule has 1 unspecified atom stereocenters. The number of carbonyl (C=O) groups is 1. The number of halogens is 3. The first kappa shape index (κ1) is 28.6. The van der Waals surface area contributed by atoms with E-state index in [-0.39, 0.29) is 36.0 Å². The van der Waals surface area contributed by atoms with Crippen molar-refractivity contribution in [2.75, 3.05) is 12.4 Å². The van der Waals surface area contributed by atoms with Crippen molar-refractivity contribution in [2.45, 2.75) is 75.0 Å². The Hall–Kier alpha value is -2.92. The fourth-order valence-electron chi connectivity index (χ4n) is 5.68. The van der Waals surface area contributed by atoms with E-state index in [0.29, 0.717) is 41.9 Å². The highest BCUT2D eigenvalue weighted by molar-refractivity contribution is 7.91. The maximum Gasteiger partial charge on any atom is 0.391 e. The van der Waals surface area contributed by atoms with Crippen LogP contribution < -0.4 is 5.32 Å². The van der Waals surface area contributed by atoms with E-state index in [4.69, 9.17) is 4.98 Å². The third kappa shape index (κ3) is 6.05. The number of aliphatic hydroxyl groups excluding tert-OH is 1. The van der Waals surface area contributed by atoms with Crippen molar-refractivity contribution in [3.8, 4) is 0 Å². The lowest BCUT2D eigenvalue weighted by atomic mass is 9.80. The summed E-state index contributed by atoms with van der Waals surface area (Å²) in [6, 6.07) is 11.0. The Morgan fingerprint density at radius 1 is 1.07 bits per heavy atom. The van der Waals surface area contributed by atoms with Crippen molar-refractivity contribution < 1.29 is 31.5 Å². The summed E-state index contributed by atoms with van der Waals surface area (Å²) < 4.78 is 65.7. The first-order valence-corrected chi connectivity index (χ1v) is 15.5. The molecule has 216 valence electrons. The van der Waals surface area contributed by atoms with Gasteiger partial charge < -0.3 is 15.0 Å². The van der Waals surface area contributed by atoms with E-state index < -0.39 is 33.9 Å². The molecule has 0 saturated heterocycles. The average Bonchev–Trinajstić information content (AvgIpc) is 3.71. The van der Waals surface area contributed by atoms with Crippen LogP contribution in [0.15, 0.2) is 47.4 Å². The molecule has 11 heteroatoms. The van der Waals surface area contributed by atoms with Gasteiger partial charge in [0.2, 0.25) is 0 Å². The summed E-state index contributed by atoms with van der Waals surface area (Å²) in [4.78, 5) is 18.1. The van der Waals surface area contributed by atoms with E-state index in [2.05, 4.69) is 9.88 Å². The number of alkyl halides is 3. The second kappa shape index (κ2) is 11.2. The summed E-state index contributed by atoms with van der Waals surface area (Å²) in [6.07, 6.45) is -0.0865. The number of benzene rings is 2. The van der Waals surface area contributed by atoms with Crippen molar-refractivity contribution >= 4 is 26.8 Å². The highest BCUT2D eigenvalue weighted by Gasteiger charge is 2.41. The minimum Gasteiger partial charge on any atom is -0.394 e. The average molecular weight is 578 g/mol. The molecule has 2 saturated carbocycles. The van der Waals surface area contributed by atoms with Crippen molar-refractivity contribution in [3.05, 3.63) is 59.4 Å². The first-order valence-electron chi connectivity index (χ1n) is 13.8. The Morgan fingerprint density at radius 2 is 1.75 bits per heavy atom. The molecule has 2 fully saturated rings. The molecule has 3 aromatic rings. The smallest absolute Gasteiger partial charge is 0.391 e. The lowest BCUT2D eigenvalue weighted by molar-refractivity contribution is -0.183. The Kier molecular flexibility index (Phi) is 7.98. The summed E-state index contributed by atoms with van der Waals surface area (Å²) in [6.45, 7) is 1.20. The number of fused-ring (bicyclic) bond motifs is 1. The van der Waals surface area contributed by atoms with Gasteiger partial charge in [-0.1, -0.05) is 19.1 Å². The molecule has 2 aromatic carbocycles. The van der Waals surface area contributed by atoms with Gasteiger partial charge in [0.1, 0.15) is 5.82 Å². The molecule has 5 rings (SSSR count). The van der Waals surface area contributed by atoms with Crippen LogP contribution in [-0.2, 0) is 16.3 Å². The van der Waals surface area contributed by atoms with Gasteiger partial charge in [-0.15, -0.1) is 0 Å². The lowest BCUT2D eigenvalue weighted by Gasteiger charge is -2.29. The van der Waals surface area contributed by atoms with Gasteiger partial charge in [0.25, 0.3) is 5.91 Å². The molecule has 40 heavy (non-hydrogen) atoms. The van der Waals surface area contributed by atoms with Crippen molar-refractivity contribution in [1.29, 1.82) is 0 Å². The molecule has 7 nitrogen and oxygen atoms in total. The van der Waals surface area contributed by atoms with Gasteiger partial charge in [0, 0.05) is 18.0 Å². The highest BCUT2D eigenvalue weighted by atomic mass is 32.2. The quantitative estimate of drug-likeness (QED) is 0.348. The second-order valence-corrected chi connectivity index (χ2v) is 13.3. The van der Waals surface area contributed by atoms with Crippen LogP contribution in [0, 0.1) is 11.8 Å². The van der Waals surface area contributed by atoms with Gasteiger partial charge in [-0.2, -0.15) is 13.2 Å². The molecule has 1 aromatic heterocycles. The van der Waals surface area contributed by atoms with Crippen LogP contribution in [0.25, 0.3) is 11.0 Å². The number of hydrogen-bond donors (Lipinski definition) is 2. The maximum atomic E-state index is 13.1. The summed E-state index contributed by atoms with van der Waals surface area (Å²) in [5.74, 6) is -0.622. The van der Waals surface area contributed by atoms with E-state index in [1.165, 1.54) is 12.1 Å². The van der Waals surface area contributed by atoms with Crippen molar-refractivity contribution in [1.82, 2.24) is 14.9 Å². The zero-order valence-electron chi connectivity index (χ0n) is 22.3. The molecule has 2 N–H and O–H groups in total. The number of sulfone groups is 1. The third-order valence-corrected chi connectivity index (χ3v) is 9.98. The molecular weight excluding hydrogens is 543 g/mol. The lowest BCUT2D eigenvalue weighted by Crippen LogP contribution is -2.30. The van der Waals surface area contributed by atoms with E-state index in [0.717, 1.165) is 24.2 Å². The standard InChI is InChI=1S/C29H34F3N3O4S/c1-2-40(38,39)23-12-5-19(6-13-23)25(17-36)34-28(37)20-7-14-26-24(16-20)33-27(35(26)22-10-11-22)15-18-3-8-21(9-4-18)29(30,31)32/h5-7,12-14,16,18,21-22,25,36H,2-4,8-11,15,17H2,1H3,(H,34,37)/t18-,21-,25?. The van der Waals surface area contributed by atoms with E-state index in [9.17, 15) is 31.5 Å². The van der Waals surface area contributed by atoms with Crippen LogP contribution >= 0.6 is 0 Å². The number of carbonyl (C=O) groups excluding carboxylic acids is 1. The number of rotatable bonds is 9. The van der Waals surface area contributed by atoms with Gasteiger partial charge in [-0.3, -0.25) is 4.79 Å².